The highest BCUT2D eigenvalue weighted by Gasteiger charge is 2.26. The van der Waals surface area contributed by atoms with Crippen molar-refractivity contribution in [1.29, 1.82) is 5.26 Å². The van der Waals surface area contributed by atoms with Crippen molar-refractivity contribution in [3.63, 3.8) is 0 Å². The highest BCUT2D eigenvalue weighted by molar-refractivity contribution is 6.42. The number of nitriles is 1. The van der Waals surface area contributed by atoms with Crippen LogP contribution in [0, 0.1) is 11.3 Å². The van der Waals surface area contributed by atoms with Crippen LogP contribution in [0.3, 0.4) is 0 Å². The van der Waals surface area contributed by atoms with Crippen LogP contribution >= 0.6 is 23.2 Å². The zero-order valence-corrected chi connectivity index (χ0v) is 11.8. The molecule has 2 aliphatic rings. The van der Waals surface area contributed by atoms with E-state index in [9.17, 15) is 5.26 Å². The Balaban J connectivity index is 2.00. The summed E-state index contributed by atoms with van der Waals surface area (Å²) in [6, 6.07) is 7.56. The molecule has 2 aliphatic heterocycles. The van der Waals surface area contributed by atoms with Gasteiger partial charge in [-0.05, 0) is 23.8 Å². The third-order valence-corrected chi connectivity index (χ3v) is 4.00. The zero-order valence-electron chi connectivity index (χ0n) is 10.3. The maximum Gasteiger partial charge on any atom is 0.119 e. The molecule has 3 rings (SSSR count). The Kier molecular flexibility index (Phi) is 3.09. The molecule has 2 heterocycles. The van der Waals surface area contributed by atoms with Gasteiger partial charge in [-0.25, -0.2) is 0 Å². The molecule has 0 spiro atoms. The number of hydrogen-bond donors (Lipinski definition) is 2. The van der Waals surface area contributed by atoms with Crippen LogP contribution in [0.4, 0.5) is 5.69 Å². The van der Waals surface area contributed by atoms with Gasteiger partial charge in [0.05, 0.1) is 10.0 Å². The third kappa shape index (κ3) is 2.01. The first-order valence-corrected chi connectivity index (χ1v) is 6.65. The van der Waals surface area contributed by atoms with E-state index in [4.69, 9.17) is 28.9 Å². The summed E-state index contributed by atoms with van der Waals surface area (Å²) in [6.45, 7) is 0.652. The molecule has 0 aromatic heterocycles. The highest BCUT2D eigenvalue weighted by atomic mass is 35.5. The Bertz CT molecular complexity index is 725. The van der Waals surface area contributed by atoms with Crippen LogP contribution in [0.2, 0.25) is 10.0 Å². The molecular formula is C14H10Cl2N4. The fourth-order valence-corrected chi connectivity index (χ4v) is 2.53. The van der Waals surface area contributed by atoms with Crippen molar-refractivity contribution in [2.24, 2.45) is 5.73 Å². The minimum Gasteiger partial charge on any atom is -0.384 e. The number of halogens is 2. The molecule has 0 radical (unpaired) electrons. The van der Waals surface area contributed by atoms with Crippen molar-refractivity contribution >= 4 is 28.9 Å². The number of dihydropyridines is 1. The number of nitrogens with zero attached hydrogens (tertiary/aromatic N) is 2. The number of nitrogens with two attached hydrogens (primary N) is 1. The van der Waals surface area contributed by atoms with Crippen LogP contribution in [0.5, 0.6) is 0 Å². The van der Waals surface area contributed by atoms with Crippen molar-refractivity contribution in [2.45, 2.75) is 0 Å². The van der Waals surface area contributed by atoms with E-state index in [1.807, 2.05) is 23.4 Å². The number of hydrogen-bond acceptors (Lipinski definition) is 4. The van der Waals surface area contributed by atoms with Gasteiger partial charge in [0.1, 0.15) is 17.5 Å². The van der Waals surface area contributed by atoms with Crippen molar-refractivity contribution in [3.05, 3.63) is 63.2 Å². The summed E-state index contributed by atoms with van der Waals surface area (Å²) in [7, 11) is 0. The molecule has 1 aromatic carbocycles. The summed E-state index contributed by atoms with van der Waals surface area (Å²) >= 11 is 12.0. The molecule has 6 heteroatoms. The Hall–Kier alpha value is -2.09. The van der Waals surface area contributed by atoms with Crippen molar-refractivity contribution in [2.75, 3.05) is 11.4 Å². The molecule has 0 unspecified atom stereocenters. The molecule has 0 saturated heterocycles. The molecule has 0 fully saturated rings. The number of anilines is 1. The van der Waals surface area contributed by atoms with E-state index in [0.717, 1.165) is 16.8 Å². The summed E-state index contributed by atoms with van der Waals surface area (Å²) in [4.78, 5) is 2.00. The summed E-state index contributed by atoms with van der Waals surface area (Å²) in [5, 5.41) is 13.1. The molecule has 20 heavy (non-hydrogen) atoms. The van der Waals surface area contributed by atoms with E-state index in [0.29, 0.717) is 28.0 Å². The molecule has 100 valence electrons. The van der Waals surface area contributed by atoms with E-state index in [1.54, 1.807) is 12.1 Å². The van der Waals surface area contributed by atoms with Crippen LogP contribution in [0.25, 0.3) is 0 Å². The molecular weight excluding hydrogens is 295 g/mol. The third-order valence-electron chi connectivity index (χ3n) is 3.26. The number of nitrogens with one attached hydrogen (secondary N) is 1. The molecule has 0 aliphatic carbocycles. The molecule has 4 nitrogen and oxygen atoms in total. The fraction of sp³-hybridized carbons (Fsp3) is 0.0714. The van der Waals surface area contributed by atoms with Crippen LogP contribution in [0.1, 0.15) is 0 Å². The van der Waals surface area contributed by atoms with Crippen LogP contribution < -0.4 is 16.0 Å². The lowest BCUT2D eigenvalue weighted by atomic mass is 10.0. The monoisotopic (exact) mass is 304 g/mol. The molecule has 0 amide bonds. The predicted molar refractivity (Wildman–Crippen MR) is 79.9 cm³/mol. The van der Waals surface area contributed by atoms with Gasteiger partial charge in [0.15, 0.2) is 0 Å². The molecule has 0 atom stereocenters. The van der Waals surface area contributed by atoms with Gasteiger partial charge in [-0.15, -0.1) is 0 Å². The van der Waals surface area contributed by atoms with Crippen LogP contribution in [0.15, 0.2) is 53.1 Å². The molecule has 3 N–H and O–H groups in total. The second kappa shape index (κ2) is 4.78. The smallest absolute Gasteiger partial charge is 0.119 e. The number of fused-ring (bicyclic) bond motifs is 1. The van der Waals surface area contributed by atoms with Gasteiger partial charge in [0.25, 0.3) is 0 Å². The summed E-state index contributed by atoms with van der Waals surface area (Å²) in [6.07, 6.45) is 3.72. The largest absolute Gasteiger partial charge is 0.384 e. The highest BCUT2D eigenvalue weighted by Crippen LogP contribution is 2.35. The van der Waals surface area contributed by atoms with Crippen LogP contribution in [-0.4, -0.2) is 6.54 Å². The maximum absolute atomic E-state index is 9.19. The Morgan fingerprint density at radius 3 is 2.80 bits per heavy atom. The average molecular weight is 305 g/mol. The average Bonchev–Trinajstić information content (AvgIpc) is 2.86. The van der Waals surface area contributed by atoms with Gasteiger partial charge in [-0.2, -0.15) is 5.26 Å². The van der Waals surface area contributed by atoms with E-state index < -0.39 is 0 Å². The number of benzene rings is 1. The van der Waals surface area contributed by atoms with Crippen molar-refractivity contribution < 1.29 is 0 Å². The van der Waals surface area contributed by atoms with Gasteiger partial charge < -0.3 is 16.0 Å². The minimum absolute atomic E-state index is 0.374. The fourth-order valence-electron chi connectivity index (χ4n) is 2.23. The van der Waals surface area contributed by atoms with E-state index in [2.05, 4.69) is 11.4 Å². The van der Waals surface area contributed by atoms with Crippen molar-refractivity contribution in [3.8, 4) is 6.07 Å². The van der Waals surface area contributed by atoms with Gasteiger partial charge >= 0.3 is 0 Å². The normalized spacial score (nSPS) is 17.1. The number of allylic oxidation sites excluding steroid dienone is 1. The summed E-state index contributed by atoms with van der Waals surface area (Å²) in [5.74, 6) is 0.374. The van der Waals surface area contributed by atoms with E-state index >= 15 is 0 Å². The Morgan fingerprint density at radius 1 is 1.30 bits per heavy atom. The zero-order chi connectivity index (χ0) is 14.3. The van der Waals surface area contributed by atoms with Gasteiger partial charge in [0, 0.05) is 30.2 Å². The lowest BCUT2D eigenvalue weighted by Crippen LogP contribution is -2.22. The standard InChI is InChI=1S/C14H10Cl2N4/c15-12-2-1-9(3-13(12)16)20-6-8-5-19-14(18)10(4-17)11(8)7-20/h1-3,5,7,19H,6,18H2. The van der Waals surface area contributed by atoms with E-state index in [1.165, 1.54) is 0 Å². The topological polar surface area (TPSA) is 65.1 Å². The quantitative estimate of drug-likeness (QED) is 0.837. The summed E-state index contributed by atoms with van der Waals surface area (Å²) in [5.41, 5.74) is 9.01. The lowest BCUT2D eigenvalue weighted by Gasteiger charge is -2.16. The van der Waals surface area contributed by atoms with Crippen LogP contribution in [-0.2, 0) is 0 Å². The predicted octanol–water partition coefficient (Wildman–Crippen LogP) is 2.88. The maximum atomic E-state index is 9.19. The summed E-state index contributed by atoms with van der Waals surface area (Å²) < 4.78 is 0. The Labute approximate surface area is 126 Å². The number of rotatable bonds is 1. The first-order chi connectivity index (χ1) is 9.60. The minimum atomic E-state index is 0.374. The molecule has 0 bridgehead atoms. The van der Waals surface area contributed by atoms with Gasteiger partial charge in [-0.1, -0.05) is 23.2 Å². The second-order valence-electron chi connectivity index (χ2n) is 4.48. The molecule has 0 saturated carbocycles. The second-order valence-corrected chi connectivity index (χ2v) is 5.30. The Morgan fingerprint density at radius 2 is 2.10 bits per heavy atom. The lowest BCUT2D eigenvalue weighted by molar-refractivity contribution is 0.962. The first-order valence-electron chi connectivity index (χ1n) is 5.90. The van der Waals surface area contributed by atoms with Gasteiger partial charge in [-0.3, -0.25) is 0 Å². The molecule has 1 aromatic rings. The first kappa shape index (κ1) is 12.9. The van der Waals surface area contributed by atoms with Crippen molar-refractivity contribution in [1.82, 2.24) is 5.32 Å². The SMILES string of the molecule is N#CC1=C(N)NC=C2CN(c3ccc(Cl)c(Cl)c3)C=C21. The van der Waals surface area contributed by atoms with Gasteiger partial charge in [0.2, 0.25) is 0 Å². The van der Waals surface area contributed by atoms with E-state index in [-0.39, 0.29) is 0 Å².